The van der Waals surface area contributed by atoms with Crippen LogP contribution in [0.5, 0.6) is 0 Å². The van der Waals surface area contributed by atoms with Gasteiger partial charge in [0.15, 0.2) is 11.5 Å². The van der Waals surface area contributed by atoms with Gasteiger partial charge in [0.25, 0.3) is 0 Å². The molecule has 2 heterocycles. The van der Waals surface area contributed by atoms with Crippen LogP contribution in [0, 0.1) is 0 Å². The number of H-pyrrole nitrogens is 1. The van der Waals surface area contributed by atoms with Crippen molar-refractivity contribution < 1.29 is 9.53 Å². The summed E-state index contributed by atoms with van der Waals surface area (Å²) in [7, 11) is 0. The lowest BCUT2D eigenvalue weighted by atomic mass is 10.2. The number of nitrogens with zero attached hydrogens (tertiary/aromatic N) is 3. The molecule has 0 saturated carbocycles. The van der Waals surface area contributed by atoms with Gasteiger partial charge in [0.1, 0.15) is 12.1 Å². The molecule has 2 aromatic heterocycles. The molecule has 0 saturated heterocycles. The van der Waals surface area contributed by atoms with Gasteiger partial charge in [-0.05, 0) is 41.4 Å². The zero-order valence-corrected chi connectivity index (χ0v) is 15.3. The van der Waals surface area contributed by atoms with E-state index in [1.54, 1.807) is 24.3 Å². The van der Waals surface area contributed by atoms with Crippen molar-refractivity contribution in [3.05, 3.63) is 71.8 Å². The third-order valence-electron chi connectivity index (χ3n) is 3.87. The summed E-state index contributed by atoms with van der Waals surface area (Å²) in [6.07, 6.45) is 1.00. The number of halogens is 1. The molecule has 8 nitrogen and oxygen atoms in total. The number of anilines is 3. The molecule has 9 heteroatoms. The predicted octanol–water partition coefficient (Wildman–Crippen LogP) is 4.50. The number of aromatic amines is 1. The third-order valence-corrected chi connectivity index (χ3v) is 4.03. The largest absolute Gasteiger partial charge is 0.444 e. The fourth-order valence-electron chi connectivity index (χ4n) is 2.55. The number of benzene rings is 2. The lowest BCUT2D eigenvalue weighted by Gasteiger charge is -2.09. The summed E-state index contributed by atoms with van der Waals surface area (Å²) >= 11 is 5.93. The first-order valence-corrected chi connectivity index (χ1v) is 8.76. The van der Waals surface area contributed by atoms with Crippen LogP contribution < -0.4 is 10.6 Å². The van der Waals surface area contributed by atoms with Gasteiger partial charge in [-0.1, -0.05) is 30.3 Å². The zero-order valence-electron chi connectivity index (χ0n) is 14.5. The first-order chi connectivity index (χ1) is 13.7. The van der Waals surface area contributed by atoms with Crippen LogP contribution in [0.2, 0.25) is 5.28 Å². The highest BCUT2D eigenvalue weighted by atomic mass is 35.5. The molecule has 28 heavy (non-hydrogen) atoms. The maximum absolute atomic E-state index is 11.9. The maximum atomic E-state index is 11.9. The number of imidazole rings is 1. The van der Waals surface area contributed by atoms with Crippen molar-refractivity contribution in [2.24, 2.45) is 0 Å². The Kier molecular flexibility index (Phi) is 5.03. The van der Waals surface area contributed by atoms with Gasteiger partial charge >= 0.3 is 6.09 Å². The smallest absolute Gasteiger partial charge is 0.411 e. The van der Waals surface area contributed by atoms with Crippen molar-refractivity contribution in [2.75, 3.05) is 10.6 Å². The van der Waals surface area contributed by atoms with Gasteiger partial charge < -0.3 is 15.0 Å². The summed E-state index contributed by atoms with van der Waals surface area (Å²) in [5, 5.41) is 5.93. The van der Waals surface area contributed by atoms with Crippen LogP contribution in [0.25, 0.3) is 11.2 Å². The van der Waals surface area contributed by atoms with Crippen LogP contribution in [-0.2, 0) is 11.3 Å². The third kappa shape index (κ3) is 4.18. The van der Waals surface area contributed by atoms with Crippen molar-refractivity contribution in [1.82, 2.24) is 19.9 Å². The summed E-state index contributed by atoms with van der Waals surface area (Å²) in [6.45, 7) is 0.209. The fourth-order valence-corrected chi connectivity index (χ4v) is 2.71. The van der Waals surface area contributed by atoms with E-state index in [9.17, 15) is 4.79 Å². The van der Waals surface area contributed by atoms with Crippen molar-refractivity contribution in [1.29, 1.82) is 0 Å². The molecule has 0 bridgehead atoms. The summed E-state index contributed by atoms with van der Waals surface area (Å²) in [4.78, 5) is 27.2. The number of rotatable bonds is 5. The monoisotopic (exact) mass is 394 g/mol. The van der Waals surface area contributed by atoms with Gasteiger partial charge in [0, 0.05) is 11.4 Å². The molecule has 140 valence electrons. The summed E-state index contributed by atoms with van der Waals surface area (Å²) < 4.78 is 5.20. The number of ether oxygens (including phenoxy) is 1. The van der Waals surface area contributed by atoms with E-state index >= 15 is 0 Å². The minimum absolute atomic E-state index is 0.0987. The number of fused-ring (bicyclic) bond motifs is 1. The van der Waals surface area contributed by atoms with Gasteiger partial charge in [0.05, 0.1) is 6.33 Å². The number of hydrogen-bond donors (Lipinski definition) is 3. The number of hydrogen-bond acceptors (Lipinski definition) is 6. The SMILES string of the molecule is O=C(Nc1ccc(Nc2nc(Cl)nc3nc[nH]c23)cc1)OCc1ccccc1. The second kappa shape index (κ2) is 7.93. The molecule has 4 rings (SSSR count). The maximum Gasteiger partial charge on any atom is 0.411 e. The van der Waals surface area contributed by atoms with E-state index in [1.807, 2.05) is 30.3 Å². The number of aromatic nitrogens is 4. The van der Waals surface area contributed by atoms with E-state index in [1.165, 1.54) is 6.33 Å². The van der Waals surface area contributed by atoms with Gasteiger partial charge in [0.2, 0.25) is 5.28 Å². The van der Waals surface area contributed by atoms with Crippen molar-refractivity contribution in [3.63, 3.8) is 0 Å². The van der Waals surface area contributed by atoms with Crippen molar-refractivity contribution in [2.45, 2.75) is 6.61 Å². The molecule has 0 aliphatic carbocycles. The van der Waals surface area contributed by atoms with Crippen molar-refractivity contribution in [3.8, 4) is 0 Å². The van der Waals surface area contributed by atoms with Crippen LogP contribution in [0.1, 0.15) is 5.56 Å². The topological polar surface area (TPSA) is 105 Å². The van der Waals surface area contributed by atoms with Crippen LogP contribution in [0.15, 0.2) is 60.9 Å². The van der Waals surface area contributed by atoms with E-state index in [-0.39, 0.29) is 11.9 Å². The van der Waals surface area contributed by atoms with Gasteiger partial charge in [-0.3, -0.25) is 5.32 Å². The highest BCUT2D eigenvalue weighted by Crippen LogP contribution is 2.23. The van der Waals surface area contributed by atoms with Crippen LogP contribution in [0.4, 0.5) is 22.0 Å². The highest BCUT2D eigenvalue weighted by molar-refractivity contribution is 6.28. The summed E-state index contributed by atoms with van der Waals surface area (Å²) in [5.41, 5.74) is 3.41. The normalized spacial score (nSPS) is 10.6. The van der Waals surface area contributed by atoms with E-state index in [0.29, 0.717) is 22.7 Å². The Bertz CT molecular complexity index is 1100. The minimum atomic E-state index is -0.522. The van der Waals surface area contributed by atoms with E-state index in [2.05, 4.69) is 30.6 Å². The standard InChI is InChI=1S/C19H15ClN6O2/c20-18-25-16-15(21-11-22-16)17(26-18)23-13-6-8-14(9-7-13)24-19(27)28-10-12-4-2-1-3-5-12/h1-9,11H,10H2,(H,24,27)(H2,21,22,23,25,26). The molecule has 0 aliphatic heterocycles. The Morgan fingerprint density at radius 2 is 1.79 bits per heavy atom. The predicted molar refractivity (Wildman–Crippen MR) is 107 cm³/mol. The molecular weight excluding hydrogens is 380 g/mol. The lowest BCUT2D eigenvalue weighted by molar-refractivity contribution is 0.155. The quantitative estimate of drug-likeness (QED) is 0.430. The Morgan fingerprint density at radius 3 is 2.57 bits per heavy atom. The molecule has 0 aliphatic rings. The molecule has 3 N–H and O–H groups in total. The number of nitrogens with one attached hydrogen (secondary N) is 3. The second-order valence-electron chi connectivity index (χ2n) is 5.83. The van der Waals surface area contributed by atoms with Crippen LogP contribution in [0.3, 0.4) is 0 Å². The molecule has 0 fully saturated rings. The van der Waals surface area contributed by atoms with Crippen LogP contribution in [-0.4, -0.2) is 26.0 Å². The molecule has 0 spiro atoms. The van der Waals surface area contributed by atoms with Gasteiger partial charge in [-0.2, -0.15) is 9.97 Å². The van der Waals surface area contributed by atoms with Gasteiger partial charge in [-0.25, -0.2) is 9.78 Å². The molecule has 4 aromatic rings. The molecule has 1 amide bonds. The lowest BCUT2D eigenvalue weighted by Crippen LogP contribution is -2.13. The summed E-state index contributed by atoms with van der Waals surface area (Å²) in [5.74, 6) is 0.510. The van der Waals surface area contributed by atoms with Crippen molar-refractivity contribution >= 4 is 46.1 Å². The second-order valence-corrected chi connectivity index (χ2v) is 6.17. The van der Waals surface area contributed by atoms with Crippen LogP contribution >= 0.6 is 11.6 Å². The van der Waals surface area contributed by atoms with E-state index in [0.717, 1.165) is 11.3 Å². The first kappa shape index (κ1) is 17.7. The Hall–Kier alpha value is -3.65. The average molecular weight is 395 g/mol. The minimum Gasteiger partial charge on any atom is -0.444 e. The Balaban J connectivity index is 1.38. The number of amides is 1. The molecule has 2 aromatic carbocycles. The number of carbonyl (C=O) groups excluding carboxylic acids is 1. The molecular formula is C19H15ClN6O2. The number of carbonyl (C=O) groups is 1. The summed E-state index contributed by atoms with van der Waals surface area (Å²) in [6, 6.07) is 16.6. The Labute approximate surface area is 165 Å². The molecule has 0 unspecified atom stereocenters. The first-order valence-electron chi connectivity index (χ1n) is 8.39. The van der Waals surface area contributed by atoms with E-state index < -0.39 is 6.09 Å². The molecule has 0 atom stereocenters. The average Bonchev–Trinajstić information content (AvgIpc) is 3.17. The van der Waals surface area contributed by atoms with Gasteiger partial charge in [-0.15, -0.1) is 0 Å². The fraction of sp³-hybridized carbons (Fsp3) is 0.0526. The molecule has 0 radical (unpaired) electrons. The van der Waals surface area contributed by atoms with E-state index in [4.69, 9.17) is 16.3 Å². The zero-order chi connectivity index (χ0) is 19.3. The highest BCUT2D eigenvalue weighted by Gasteiger charge is 2.09. The Morgan fingerprint density at radius 1 is 1.04 bits per heavy atom.